The van der Waals surface area contributed by atoms with E-state index in [1.54, 1.807) is 0 Å². The molecule has 0 bridgehead atoms. The largest absolute Gasteiger partial charge is 0.468 e. The third kappa shape index (κ3) is 2.06. The number of hydrogen-bond donors (Lipinski definition) is 0. The van der Waals surface area contributed by atoms with Crippen molar-refractivity contribution in [2.24, 2.45) is 11.8 Å². The lowest BCUT2D eigenvalue weighted by Crippen LogP contribution is -2.47. The second-order valence-corrected chi connectivity index (χ2v) is 3.60. The fraction of sp³-hybridized carbons (Fsp3) is 0.778. The third-order valence-electron chi connectivity index (χ3n) is 2.39. The number of nitrogens with zero attached hydrogens (tertiary/aromatic N) is 1. The maximum absolute atomic E-state index is 11.5. The molecule has 1 heterocycles. The predicted octanol–water partition coefficient (Wildman–Crippen LogP) is -0.0738. The number of rotatable bonds is 1. The monoisotopic (exact) mass is 185 g/mol. The highest BCUT2D eigenvalue weighted by Gasteiger charge is 2.36. The molecule has 0 saturated carbocycles. The highest BCUT2D eigenvalue weighted by atomic mass is 16.5. The molecule has 74 valence electrons. The lowest BCUT2D eigenvalue weighted by molar-refractivity contribution is -0.153. The Hall–Kier alpha value is -0.900. The Morgan fingerprint density at radius 2 is 2.15 bits per heavy atom. The van der Waals surface area contributed by atoms with Crippen LogP contribution >= 0.6 is 0 Å². The quantitative estimate of drug-likeness (QED) is 0.423. The Bertz CT molecular complexity index is 227. The minimum absolute atomic E-state index is 0.00458. The summed E-state index contributed by atoms with van der Waals surface area (Å²) in [7, 11) is 3.22. The number of hydrogen-bond acceptors (Lipinski definition) is 4. The van der Waals surface area contributed by atoms with E-state index in [1.165, 1.54) is 7.11 Å². The van der Waals surface area contributed by atoms with Crippen molar-refractivity contribution < 1.29 is 14.3 Å². The number of carbonyl (C=O) groups excluding carboxylic acids is 2. The first-order valence-electron chi connectivity index (χ1n) is 4.36. The molecule has 1 aliphatic heterocycles. The van der Waals surface area contributed by atoms with Crippen molar-refractivity contribution in [1.29, 1.82) is 0 Å². The van der Waals surface area contributed by atoms with Gasteiger partial charge in [-0.3, -0.25) is 9.59 Å². The molecule has 0 aromatic carbocycles. The first kappa shape index (κ1) is 10.2. The molecule has 0 amide bonds. The summed E-state index contributed by atoms with van der Waals surface area (Å²) in [5.74, 6) is -1.06. The number of carbonyl (C=O) groups is 2. The summed E-state index contributed by atoms with van der Waals surface area (Å²) in [6.45, 7) is 3.05. The van der Waals surface area contributed by atoms with Gasteiger partial charge in [-0.1, -0.05) is 6.92 Å². The number of piperidine rings is 1. The Morgan fingerprint density at radius 1 is 1.54 bits per heavy atom. The summed E-state index contributed by atoms with van der Waals surface area (Å²) in [4.78, 5) is 24.7. The van der Waals surface area contributed by atoms with Gasteiger partial charge in [0.25, 0.3) is 0 Å². The Morgan fingerprint density at radius 3 is 2.69 bits per heavy atom. The number of Topliss-reactive ketones (excluding diaryl/α,β-unsaturated/α-hetero) is 1. The summed E-state index contributed by atoms with van der Waals surface area (Å²) >= 11 is 0. The van der Waals surface area contributed by atoms with Gasteiger partial charge in [0.15, 0.2) is 5.78 Å². The van der Waals surface area contributed by atoms with Gasteiger partial charge in [-0.05, 0) is 7.05 Å². The van der Waals surface area contributed by atoms with Gasteiger partial charge >= 0.3 is 5.97 Å². The average molecular weight is 185 g/mol. The van der Waals surface area contributed by atoms with E-state index in [9.17, 15) is 9.59 Å². The highest BCUT2D eigenvalue weighted by molar-refractivity contribution is 6.00. The van der Waals surface area contributed by atoms with Gasteiger partial charge < -0.3 is 9.64 Å². The van der Waals surface area contributed by atoms with E-state index in [-0.39, 0.29) is 11.7 Å². The molecule has 4 heteroatoms. The number of ether oxygens (including phenoxy) is 1. The zero-order chi connectivity index (χ0) is 10.0. The molecule has 0 radical (unpaired) electrons. The van der Waals surface area contributed by atoms with Gasteiger partial charge in [-0.15, -0.1) is 0 Å². The fourth-order valence-electron chi connectivity index (χ4n) is 1.71. The van der Waals surface area contributed by atoms with Crippen molar-refractivity contribution in [2.75, 3.05) is 27.2 Å². The molecule has 0 N–H and O–H groups in total. The third-order valence-corrected chi connectivity index (χ3v) is 2.39. The van der Waals surface area contributed by atoms with E-state index >= 15 is 0 Å². The van der Waals surface area contributed by atoms with Crippen molar-refractivity contribution in [3.05, 3.63) is 0 Å². The molecule has 0 spiro atoms. The number of methoxy groups -OCH3 is 1. The Balaban J connectivity index is 2.72. The standard InChI is InChI=1S/C9H15NO3/c1-6-4-10(2)5-7(8(6)11)9(12)13-3/h6-7H,4-5H2,1-3H3. The van der Waals surface area contributed by atoms with Gasteiger partial charge in [-0.2, -0.15) is 0 Å². The second kappa shape index (κ2) is 3.87. The Labute approximate surface area is 77.8 Å². The molecule has 0 aromatic heterocycles. The zero-order valence-electron chi connectivity index (χ0n) is 8.24. The zero-order valence-corrected chi connectivity index (χ0v) is 8.24. The maximum Gasteiger partial charge on any atom is 0.317 e. The molecule has 0 aromatic rings. The molecule has 1 rings (SSSR count). The molecule has 13 heavy (non-hydrogen) atoms. The van der Waals surface area contributed by atoms with E-state index < -0.39 is 11.9 Å². The number of ketones is 1. The number of likely N-dealkylation sites (tertiary alicyclic amines) is 1. The van der Waals surface area contributed by atoms with Gasteiger partial charge in [0.1, 0.15) is 5.92 Å². The van der Waals surface area contributed by atoms with Gasteiger partial charge in [0.05, 0.1) is 7.11 Å². The molecular weight excluding hydrogens is 170 g/mol. The summed E-state index contributed by atoms with van der Waals surface area (Å²) in [5, 5.41) is 0. The van der Waals surface area contributed by atoms with Crippen molar-refractivity contribution in [1.82, 2.24) is 4.90 Å². The van der Waals surface area contributed by atoms with Crippen LogP contribution in [-0.2, 0) is 14.3 Å². The minimum atomic E-state index is -0.584. The van der Waals surface area contributed by atoms with Crippen LogP contribution < -0.4 is 0 Å². The van der Waals surface area contributed by atoms with Crippen LogP contribution in [0.25, 0.3) is 0 Å². The smallest absolute Gasteiger partial charge is 0.317 e. The van der Waals surface area contributed by atoms with Gasteiger partial charge in [0, 0.05) is 19.0 Å². The van der Waals surface area contributed by atoms with E-state index in [0.29, 0.717) is 6.54 Å². The lowest BCUT2D eigenvalue weighted by atomic mass is 9.89. The fourth-order valence-corrected chi connectivity index (χ4v) is 1.71. The van der Waals surface area contributed by atoms with Crippen LogP contribution in [0.4, 0.5) is 0 Å². The molecular formula is C9H15NO3. The van der Waals surface area contributed by atoms with Crippen LogP contribution in [0.5, 0.6) is 0 Å². The minimum Gasteiger partial charge on any atom is -0.468 e. The molecule has 1 saturated heterocycles. The summed E-state index contributed by atoms with van der Waals surface area (Å²) in [6, 6.07) is 0. The molecule has 0 aliphatic carbocycles. The van der Waals surface area contributed by atoms with Crippen molar-refractivity contribution in [2.45, 2.75) is 6.92 Å². The van der Waals surface area contributed by atoms with Crippen molar-refractivity contribution in [3.63, 3.8) is 0 Å². The van der Waals surface area contributed by atoms with Crippen LogP contribution in [0.3, 0.4) is 0 Å². The van der Waals surface area contributed by atoms with E-state index in [0.717, 1.165) is 6.54 Å². The molecule has 2 atom stereocenters. The molecule has 1 aliphatic rings. The summed E-state index contributed by atoms with van der Waals surface area (Å²) in [5.41, 5.74) is 0. The van der Waals surface area contributed by atoms with Gasteiger partial charge in [0.2, 0.25) is 0 Å². The normalized spacial score (nSPS) is 30.2. The van der Waals surface area contributed by atoms with E-state index in [1.807, 2.05) is 18.9 Å². The predicted molar refractivity (Wildman–Crippen MR) is 47.2 cm³/mol. The molecule has 4 nitrogen and oxygen atoms in total. The molecule has 2 unspecified atom stereocenters. The van der Waals surface area contributed by atoms with Gasteiger partial charge in [-0.25, -0.2) is 0 Å². The first-order valence-corrected chi connectivity index (χ1v) is 4.36. The first-order chi connectivity index (χ1) is 6.06. The maximum atomic E-state index is 11.5. The summed E-state index contributed by atoms with van der Waals surface area (Å²) in [6.07, 6.45) is 0. The second-order valence-electron chi connectivity index (χ2n) is 3.60. The number of esters is 1. The van der Waals surface area contributed by atoms with Crippen LogP contribution in [0.1, 0.15) is 6.92 Å². The topological polar surface area (TPSA) is 46.6 Å². The average Bonchev–Trinajstić information content (AvgIpc) is 2.10. The van der Waals surface area contributed by atoms with Crippen LogP contribution in [0.2, 0.25) is 0 Å². The SMILES string of the molecule is COC(=O)C1CN(C)CC(C)C1=O. The van der Waals surface area contributed by atoms with Crippen LogP contribution in [0.15, 0.2) is 0 Å². The Kier molecular flexibility index (Phi) is 3.03. The van der Waals surface area contributed by atoms with Crippen molar-refractivity contribution in [3.8, 4) is 0 Å². The van der Waals surface area contributed by atoms with Crippen molar-refractivity contribution >= 4 is 11.8 Å². The van der Waals surface area contributed by atoms with Crippen LogP contribution in [0, 0.1) is 11.8 Å². The highest BCUT2D eigenvalue weighted by Crippen LogP contribution is 2.17. The molecule has 1 fully saturated rings. The summed E-state index contributed by atoms with van der Waals surface area (Å²) < 4.78 is 4.57. The lowest BCUT2D eigenvalue weighted by Gasteiger charge is -2.31. The van der Waals surface area contributed by atoms with Crippen LogP contribution in [-0.4, -0.2) is 43.9 Å². The van der Waals surface area contributed by atoms with E-state index in [4.69, 9.17) is 0 Å². The van der Waals surface area contributed by atoms with E-state index in [2.05, 4.69) is 4.74 Å².